The molecular weight excluding hydrogens is 324 g/mol. The predicted octanol–water partition coefficient (Wildman–Crippen LogP) is 2.38. The van der Waals surface area contributed by atoms with E-state index in [-0.39, 0.29) is 23.5 Å². The molecule has 0 fully saturated rings. The van der Waals surface area contributed by atoms with Gasteiger partial charge in [-0.05, 0) is 50.7 Å². The highest BCUT2D eigenvalue weighted by Crippen LogP contribution is 2.30. The molecule has 2 heterocycles. The third-order valence-electron chi connectivity index (χ3n) is 4.36. The van der Waals surface area contributed by atoms with Gasteiger partial charge in [0.05, 0.1) is 5.69 Å². The van der Waals surface area contributed by atoms with E-state index in [0.29, 0.717) is 22.8 Å². The molecule has 0 bridgehead atoms. The molecule has 0 saturated heterocycles. The highest BCUT2D eigenvalue weighted by atomic mass is 32.1. The third kappa shape index (κ3) is 3.10. The van der Waals surface area contributed by atoms with Crippen LogP contribution in [0.25, 0.3) is 0 Å². The highest BCUT2D eigenvalue weighted by Gasteiger charge is 2.18. The second kappa shape index (κ2) is 6.57. The Morgan fingerprint density at radius 1 is 1.42 bits per heavy atom. The fourth-order valence-corrected chi connectivity index (χ4v) is 4.15. The standard InChI is InChI=1S/C17H18N4O2S/c1-9-11(10(2)19-16(23)12(9)8-18)6-7-15(22)21-17-20-13-4-3-5-14(13)24-17/h3-7H2,1-2H3,(H,19,23)(H,20,21,22). The summed E-state index contributed by atoms with van der Waals surface area (Å²) in [6.07, 6.45) is 3.95. The largest absolute Gasteiger partial charge is 0.325 e. The molecule has 0 unspecified atom stereocenters. The van der Waals surface area contributed by atoms with Gasteiger partial charge in [0.25, 0.3) is 5.56 Å². The summed E-state index contributed by atoms with van der Waals surface area (Å²) in [4.78, 5) is 32.3. The average molecular weight is 342 g/mol. The summed E-state index contributed by atoms with van der Waals surface area (Å²) in [6, 6.07) is 1.93. The second-order valence-corrected chi connectivity index (χ2v) is 7.04. The van der Waals surface area contributed by atoms with Crippen molar-refractivity contribution in [2.45, 2.75) is 46.0 Å². The Balaban J connectivity index is 1.68. The van der Waals surface area contributed by atoms with Crippen molar-refractivity contribution in [1.29, 1.82) is 5.26 Å². The van der Waals surface area contributed by atoms with Crippen LogP contribution in [0.3, 0.4) is 0 Å². The number of nitrogens with one attached hydrogen (secondary N) is 2. The molecular formula is C17H18N4O2S. The van der Waals surface area contributed by atoms with E-state index in [0.717, 1.165) is 30.5 Å². The molecule has 2 N–H and O–H groups in total. The molecule has 1 amide bonds. The average Bonchev–Trinajstić information content (AvgIpc) is 3.08. The van der Waals surface area contributed by atoms with E-state index in [1.54, 1.807) is 25.2 Å². The maximum atomic E-state index is 12.2. The fourth-order valence-electron chi connectivity index (χ4n) is 3.08. The molecule has 1 aliphatic carbocycles. The van der Waals surface area contributed by atoms with Crippen molar-refractivity contribution >= 4 is 22.4 Å². The molecule has 0 atom stereocenters. The number of pyridine rings is 1. The molecule has 124 valence electrons. The number of anilines is 1. The Labute approximate surface area is 143 Å². The van der Waals surface area contributed by atoms with Crippen molar-refractivity contribution in [2.24, 2.45) is 0 Å². The van der Waals surface area contributed by atoms with Crippen molar-refractivity contribution in [3.05, 3.63) is 43.3 Å². The van der Waals surface area contributed by atoms with Crippen LogP contribution in [-0.2, 0) is 24.1 Å². The van der Waals surface area contributed by atoms with Gasteiger partial charge in [-0.1, -0.05) is 0 Å². The number of H-pyrrole nitrogens is 1. The zero-order valence-corrected chi connectivity index (χ0v) is 14.5. The van der Waals surface area contributed by atoms with E-state index in [1.807, 2.05) is 6.07 Å². The minimum Gasteiger partial charge on any atom is -0.325 e. The summed E-state index contributed by atoms with van der Waals surface area (Å²) >= 11 is 1.55. The number of nitriles is 1. The predicted molar refractivity (Wildman–Crippen MR) is 92.3 cm³/mol. The number of thiazole rings is 1. The van der Waals surface area contributed by atoms with Gasteiger partial charge >= 0.3 is 0 Å². The molecule has 0 radical (unpaired) electrons. The van der Waals surface area contributed by atoms with Crippen molar-refractivity contribution in [2.75, 3.05) is 5.32 Å². The van der Waals surface area contributed by atoms with Crippen LogP contribution in [0.15, 0.2) is 4.79 Å². The molecule has 1 aliphatic rings. The summed E-state index contributed by atoms with van der Waals surface area (Å²) in [5.74, 6) is -0.106. The Morgan fingerprint density at radius 3 is 2.92 bits per heavy atom. The first-order valence-corrected chi connectivity index (χ1v) is 8.72. The number of carbonyl (C=O) groups excluding carboxylic acids is 1. The molecule has 0 saturated carbocycles. The number of aryl methyl sites for hydroxylation is 3. The van der Waals surface area contributed by atoms with Gasteiger partial charge in [-0.25, -0.2) is 4.98 Å². The quantitative estimate of drug-likeness (QED) is 0.891. The molecule has 7 heteroatoms. The lowest BCUT2D eigenvalue weighted by Gasteiger charge is -2.10. The highest BCUT2D eigenvalue weighted by molar-refractivity contribution is 7.15. The Hall–Kier alpha value is -2.46. The molecule has 0 spiro atoms. The summed E-state index contributed by atoms with van der Waals surface area (Å²) in [5, 5.41) is 12.6. The Kier molecular flexibility index (Phi) is 4.49. The van der Waals surface area contributed by atoms with Crippen molar-refractivity contribution in [3.8, 4) is 6.07 Å². The van der Waals surface area contributed by atoms with Crippen LogP contribution < -0.4 is 10.9 Å². The van der Waals surface area contributed by atoms with Gasteiger partial charge in [0.2, 0.25) is 5.91 Å². The van der Waals surface area contributed by atoms with E-state index in [1.165, 1.54) is 4.88 Å². The van der Waals surface area contributed by atoms with E-state index >= 15 is 0 Å². The lowest BCUT2D eigenvalue weighted by atomic mass is 9.99. The lowest BCUT2D eigenvalue weighted by molar-refractivity contribution is -0.116. The summed E-state index contributed by atoms with van der Waals surface area (Å²) in [7, 11) is 0. The smallest absolute Gasteiger partial charge is 0.266 e. The third-order valence-corrected chi connectivity index (χ3v) is 5.44. The zero-order valence-electron chi connectivity index (χ0n) is 13.7. The van der Waals surface area contributed by atoms with Gasteiger partial charge in [0.15, 0.2) is 5.13 Å². The van der Waals surface area contributed by atoms with E-state index in [9.17, 15) is 9.59 Å². The van der Waals surface area contributed by atoms with Crippen LogP contribution in [0.1, 0.15) is 45.8 Å². The number of fused-ring (bicyclic) bond motifs is 1. The number of amides is 1. The van der Waals surface area contributed by atoms with Gasteiger partial charge in [-0.15, -0.1) is 11.3 Å². The van der Waals surface area contributed by atoms with E-state index in [2.05, 4.69) is 15.3 Å². The first-order valence-electron chi connectivity index (χ1n) is 7.90. The van der Waals surface area contributed by atoms with Crippen molar-refractivity contribution in [3.63, 3.8) is 0 Å². The number of aromatic amines is 1. The maximum absolute atomic E-state index is 12.2. The zero-order chi connectivity index (χ0) is 17.3. The van der Waals surface area contributed by atoms with Crippen molar-refractivity contribution < 1.29 is 4.79 Å². The van der Waals surface area contributed by atoms with Crippen LogP contribution >= 0.6 is 11.3 Å². The van der Waals surface area contributed by atoms with Crippen LogP contribution in [0, 0.1) is 25.2 Å². The molecule has 2 aromatic heterocycles. The topological polar surface area (TPSA) is 98.6 Å². The van der Waals surface area contributed by atoms with Gasteiger partial charge in [0.1, 0.15) is 11.6 Å². The normalized spacial score (nSPS) is 12.7. The molecule has 3 rings (SSSR count). The van der Waals surface area contributed by atoms with E-state index in [4.69, 9.17) is 5.26 Å². The van der Waals surface area contributed by atoms with Crippen molar-refractivity contribution in [1.82, 2.24) is 9.97 Å². The van der Waals surface area contributed by atoms with Gasteiger partial charge in [-0.3, -0.25) is 9.59 Å². The summed E-state index contributed by atoms with van der Waals surface area (Å²) < 4.78 is 0. The van der Waals surface area contributed by atoms with Crippen LogP contribution in [-0.4, -0.2) is 15.9 Å². The van der Waals surface area contributed by atoms with Crippen LogP contribution in [0.4, 0.5) is 5.13 Å². The number of hydrogen-bond donors (Lipinski definition) is 2. The SMILES string of the molecule is Cc1[nH]c(=O)c(C#N)c(C)c1CCC(=O)Nc1nc2c(s1)CCC2. The minimum atomic E-state index is -0.377. The lowest BCUT2D eigenvalue weighted by Crippen LogP contribution is -2.18. The van der Waals surface area contributed by atoms with Gasteiger partial charge < -0.3 is 10.3 Å². The molecule has 0 aliphatic heterocycles. The monoisotopic (exact) mass is 342 g/mol. The first-order chi connectivity index (χ1) is 11.5. The minimum absolute atomic E-state index is 0.106. The number of nitrogens with zero attached hydrogens (tertiary/aromatic N) is 2. The van der Waals surface area contributed by atoms with Gasteiger partial charge in [-0.2, -0.15) is 5.26 Å². The number of rotatable bonds is 4. The number of carbonyl (C=O) groups is 1. The molecule has 0 aromatic carbocycles. The molecule has 6 nitrogen and oxygen atoms in total. The fraction of sp³-hybridized carbons (Fsp3) is 0.412. The number of aromatic nitrogens is 2. The second-order valence-electron chi connectivity index (χ2n) is 5.96. The summed E-state index contributed by atoms with van der Waals surface area (Å²) in [5.41, 5.74) is 3.06. The number of hydrogen-bond acceptors (Lipinski definition) is 5. The Morgan fingerprint density at radius 2 is 2.21 bits per heavy atom. The van der Waals surface area contributed by atoms with Gasteiger partial charge in [0, 0.05) is 17.0 Å². The van der Waals surface area contributed by atoms with Crippen LogP contribution in [0.2, 0.25) is 0 Å². The molecule has 2 aromatic rings. The first kappa shape index (κ1) is 16.4. The molecule has 24 heavy (non-hydrogen) atoms. The Bertz CT molecular complexity index is 883. The maximum Gasteiger partial charge on any atom is 0.266 e. The van der Waals surface area contributed by atoms with Crippen LogP contribution in [0.5, 0.6) is 0 Å². The summed E-state index contributed by atoms with van der Waals surface area (Å²) in [6.45, 7) is 3.54. The van der Waals surface area contributed by atoms with E-state index < -0.39 is 0 Å².